The SMILES string of the molecule is Cc1ccc(CNC(=O)c2ccc3c(c2)NC(=O)C(CSCc2ccccc2Cl)N3)cc1. The number of hydrogen-bond donors (Lipinski definition) is 3. The highest BCUT2D eigenvalue weighted by molar-refractivity contribution is 7.98. The summed E-state index contributed by atoms with van der Waals surface area (Å²) < 4.78 is 0. The first-order valence-electron chi connectivity index (χ1n) is 10.4. The lowest BCUT2D eigenvalue weighted by Crippen LogP contribution is -2.40. The van der Waals surface area contributed by atoms with Crippen molar-refractivity contribution in [2.45, 2.75) is 25.3 Å². The van der Waals surface area contributed by atoms with Gasteiger partial charge in [-0.25, -0.2) is 0 Å². The average molecular weight is 466 g/mol. The van der Waals surface area contributed by atoms with E-state index in [9.17, 15) is 9.59 Å². The number of hydrogen-bond acceptors (Lipinski definition) is 4. The summed E-state index contributed by atoms with van der Waals surface area (Å²) in [5.41, 5.74) is 5.20. The molecule has 0 aliphatic carbocycles. The van der Waals surface area contributed by atoms with Crippen LogP contribution in [-0.2, 0) is 17.1 Å². The van der Waals surface area contributed by atoms with E-state index in [2.05, 4.69) is 16.0 Å². The smallest absolute Gasteiger partial charge is 0.251 e. The molecule has 5 nitrogen and oxygen atoms in total. The Morgan fingerprint density at radius 1 is 1.06 bits per heavy atom. The van der Waals surface area contributed by atoms with Gasteiger partial charge in [0.15, 0.2) is 0 Å². The Labute approximate surface area is 196 Å². The van der Waals surface area contributed by atoms with E-state index in [0.29, 0.717) is 23.5 Å². The lowest BCUT2D eigenvalue weighted by Gasteiger charge is -2.27. The van der Waals surface area contributed by atoms with Crippen molar-refractivity contribution in [2.24, 2.45) is 0 Å². The van der Waals surface area contributed by atoms with Crippen LogP contribution in [0.3, 0.4) is 0 Å². The van der Waals surface area contributed by atoms with Crippen molar-refractivity contribution in [2.75, 3.05) is 16.4 Å². The third kappa shape index (κ3) is 5.44. The quantitative estimate of drug-likeness (QED) is 0.446. The average Bonchev–Trinajstić information content (AvgIpc) is 2.79. The Morgan fingerprint density at radius 3 is 2.62 bits per heavy atom. The van der Waals surface area contributed by atoms with Gasteiger partial charge in [0.1, 0.15) is 6.04 Å². The van der Waals surface area contributed by atoms with Gasteiger partial charge in [0.25, 0.3) is 5.91 Å². The molecule has 3 aromatic rings. The molecular formula is C25H24ClN3O2S. The number of carbonyl (C=O) groups is 2. The van der Waals surface area contributed by atoms with Crippen LogP contribution in [0.5, 0.6) is 0 Å². The lowest BCUT2D eigenvalue weighted by molar-refractivity contribution is -0.116. The van der Waals surface area contributed by atoms with Crippen LogP contribution < -0.4 is 16.0 Å². The van der Waals surface area contributed by atoms with Crippen LogP contribution in [0, 0.1) is 6.92 Å². The van der Waals surface area contributed by atoms with Gasteiger partial charge < -0.3 is 16.0 Å². The third-order valence-corrected chi connectivity index (χ3v) is 6.71. The van der Waals surface area contributed by atoms with Crippen LogP contribution >= 0.6 is 23.4 Å². The fourth-order valence-corrected chi connectivity index (χ4v) is 4.74. The Kier molecular flexibility index (Phi) is 7.02. The minimum atomic E-state index is -0.351. The molecule has 1 atom stereocenters. The summed E-state index contributed by atoms with van der Waals surface area (Å²) in [4.78, 5) is 25.1. The molecule has 1 heterocycles. The molecule has 0 radical (unpaired) electrons. The van der Waals surface area contributed by atoms with E-state index in [4.69, 9.17) is 11.6 Å². The molecule has 7 heteroatoms. The van der Waals surface area contributed by atoms with Gasteiger partial charge in [-0.1, -0.05) is 59.6 Å². The third-order valence-electron chi connectivity index (χ3n) is 5.26. The van der Waals surface area contributed by atoms with E-state index in [1.165, 1.54) is 5.56 Å². The van der Waals surface area contributed by atoms with Crippen LogP contribution in [0.1, 0.15) is 27.0 Å². The Bertz CT molecular complexity index is 1130. The van der Waals surface area contributed by atoms with Crippen molar-refractivity contribution in [3.63, 3.8) is 0 Å². The molecule has 0 spiro atoms. The van der Waals surface area contributed by atoms with Crippen molar-refractivity contribution in [3.8, 4) is 0 Å². The Hall–Kier alpha value is -2.96. The zero-order chi connectivity index (χ0) is 22.5. The number of thioether (sulfide) groups is 1. The summed E-state index contributed by atoms with van der Waals surface area (Å²) in [7, 11) is 0. The van der Waals surface area contributed by atoms with E-state index in [-0.39, 0.29) is 17.9 Å². The molecule has 164 valence electrons. The van der Waals surface area contributed by atoms with Crippen molar-refractivity contribution < 1.29 is 9.59 Å². The number of anilines is 2. The Morgan fingerprint density at radius 2 is 1.84 bits per heavy atom. The molecule has 3 N–H and O–H groups in total. The molecule has 4 rings (SSSR count). The second kappa shape index (κ2) is 10.1. The van der Waals surface area contributed by atoms with Gasteiger partial charge in [0, 0.05) is 28.6 Å². The largest absolute Gasteiger partial charge is 0.371 e. The van der Waals surface area contributed by atoms with Gasteiger partial charge in [-0.15, -0.1) is 0 Å². The first-order chi connectivity index (χ1) is 15.5. The number of benzene rings is 3. The summed E-state index contributed by atoms with van der Waals surface area (Å²) in [6.45, 7) is 2.48. The van der Waals surface area contributed by atoms with Gasteiger partial charge in [0.2, 0.25) is 5.91 Å². The predicted molar refractivity (Wildman–Crippen MR) is 132 cm³/mol. The number of carbonyl (C=O) groups excluding carboxylic acids is 2. The number of rotatable bonds is 7. The topological polar surface area (TPSA) is 70.2 Å². The molecule has 0 fully saturated rings. The molecule has 1 aliphatic heterocycles. The van der Waals surface area contributed by atoms with E-state index >= 15 is 0 Å². The fraction of sp³-hybridized carbons (Fsp3) is 0.200. The van der Waals surface area contributed by atoms with Crippen LogP contribution in [0.2, 0.25) is 5.02 Å². The van der Waals surface area contributed by atoms with Gasteiger partial charge in [-0.2, -0.15) is 11.8 Å². The highest BCUT2D eigenvalue weighted by atomic mass is 35.5. The zero-order valence-electron chi connectivity index (χ0n) is 17.7. The van der Waals surface area contributed by atoms with Crippen LogP contribution in [0.4, 0.5) is 11.4 Å². The van der Waals surface area contributed by atoms with Gasteiger partial charge >= 0.3 is 0 Å². The second-order valence-electron chi connectivity index (χ2n) is 7.72. The van der Waals surface area contributed by atoms with Gasteiger partial charge in [-0.3, -0.25) is 9.59 Å². The molecule has 0 saturated carbocycles. The molecule has 2 amide bonds. The van der Waals surface area contributed by atoms with E-state index in [1.54, 1.807) is 23.9 Å². The number of amides is 2. The molecule has 0 saturated heterocycles. The number of fused-ring (bicyclic) bond motifs is 1. The lowest BCUT2D eigenvalue weighted by atomic mass is 10.1. The highest BCUT2D eigenvalue weighted by Crippen LogP contribution is 2.29. The minimum Gasteiger partial charge on any atom is -0.371 e. The fourth-order valence-electron chi connectivity index (χ4n) is 3.40. The summed E-state index contributed by atoms with van der Waals surface area (Å²) in [6, 6.07) is 20.7. The first-order valence-corrected chi connectivity index (χ1v) is 11.9. The Balaban J connectivity index is 1.34. The molecule has 32 heavy (non-hydrogen) atoms. The van der Waals surface area contributed by atoms with Crippen LogP contribution in [0.15, 0.2) is 66.7 Å². The van der Waals surface area contributed by atoms with Crippen molar-refractivity contribution in [1.82, 2.24) is 5.32 Å². The summed E-state index contributed by atoms with van der Waals surface area (Å²) in [5.74, 6) is 1.05. The maximum Gasteiger partial charge on any atom is 0.251 e. The monoisotopic (exact) mass is 465 g/mol. The molecule has 1 aliphatic rings. The van der Waals surface area contributed by atoms with Crippen molar-refractivity contribution >= 4 is 46.6 Å². The molecule has 3 aromatic carbocycles. The maximum atomic E-state index is 12.6. The molecule has 1 unspecified atom stereocenters. The maximum absolute atomic E-state index is 12.6. The number of halogens is 1. The van der Waals surface area contributed by atoms with E-state index < -0.39 is 0 Å². The van der Waals surface area contributed by atoms with Crippen molar-refractivity contribution in [1.29, 1.82) is 0 Å². The molecular weight excluding hydrogens is 442 g/mol. The van der Waals surface area contributed by atoms with E-state index in [0.717, 1.165) is 27.6 Å². The van der Waals surface area contributed by atoms with Crippen LogP contribution in [0.25, 0.3) is 0 Å². The van der Waals surface area contributed by atoms with Gasteiger partial charge in [0.05, 0.1) is 11.4 Å². The van der Waals surface area contributed by atoms with Crippen molar-refractivity contribution in [3.05, 3.63) is 94.0 Å². The number of aryl methyl sites for hydroxylation is 1. The normalized spacial score (nSPS) is 14.8. The minimum absolute atomic E-state index is 0.110. The van der Waals surface area contributed by atoms with E-state index in [1.807, 2.05) is 61.5 Å². The number of nitrogens with one attached hydrogen (secondary N) is 3. The summed E-state index contributed by atoms with van der Waals surface area (Å²) >= 11 is 7.85. The second-order valence-corrected chi connectivity index (χ2v) is 9.16. The molecule has 0 aromatic heterocycles. The van der Waals surface area contributed by atoms with Gasteiger partial charge in [-0.05, 0) is 42.3 Å². The highest BCUT2D eigenvalue weighted by Gasteiger charge is 2.26. The van der Waals surface area contributed by atoms with Crippen LogP contribution in [-0.4, -0.2) is 23.6 Å². The summed E-state index contributed by atoms with van der Waals surface area (Å²) in [5, 5.41) is 9.86. The zero-order valence-corrected chi connectivity index (χ0v) is 19.2. The predicted octanol–water partition coefficient (Wildman–Crippen LogP) is 5.24. The standard InChI is InChI=1S/C25H24ClN3O2S/c1-16-6-8-17(9-7-16)13-27-24(30)18-10-11-21-22(12-18)29-25(31)23(28-21)15-32-14-19-4-2-3-5-20(19)26/h2-12,23,28H,13-15H2,1H3,(H,27,30)(H,29,31). The first kappa shape index (κ1) is 22.2. The molecule has 0 bridgehead atoms. The summed E-state index contributed by atoms with van der Waals surface area (Å²) in [6.07, 6.45) is 0.